The Balaban J connectivity index is 2.67. The molecule has 11 heavy (non-hydrogen) atoms. The number of nitrogens with two attached hydrogens (primary N) is 1. The van der Waals surface area contributed by atoms with Crippen LogP contribution in [-0.2, 0) is 0 Å². The molecule has 0 saturated heterocycles. The zero-order valence-electron chi connectivity index (χ0n) is 6.22. The highest BCUT2D eigenvalue weighted by Gasteiger charge is 2.14. The second-order valence-electron chi connectivity index (χ2n) is 2.51. The number of hydrogen-bond acceptors (Lipinski definition) is 1. The number of amides is 2. The van der Waals surface area contributed by atoms with Crippen molar-refractivity contribution in [2.24, 2.45) is 5.73 Å². The highest BCUT2D eigenvalue weighted by atomic mass is 35.5. The third kappa shape index (κ3) is 2.12. The van der Waals surface area contributed by atoms with Crippen LogP contribution in [0.5, 0.6) is 0 Å². The van der Waals surface area contributed by atoms with E-state index in [1.54, 1.807) is 0 Å². The van der Waals surface area contributed by atoms with Crippen molar-refractivity contribution in [2.45, 2.75) is 19.3 Å². The Morgan fingerprint density at radius 2 is 2.36 bits per heavy atom. The normalized spacial score (nSPS) is 19.0. The molecule has 0 atom stereocenters. The molecule has 0 aromatic rings. The van der Waals surface area contributed by atoms with Gasteiger partial charge in [0.15, 0.2) is 0 Å². The van der Waals surface area contributed by atoms with Gasteiger partial charge in [-0.3, -0.25) is 4.90 Å². The molecule has 0 fully saturated rings. The molecule has 0 saturated carbocycles. The standard InChI is InChI=1S/C7H11ClN2O/c8-6-4-2-1-3-5-10(6)7(9)11/h4H,1-3,5H2,(H2,9,11). The van der Waals surface area contributed by atoms with Crippen LogP contribution in [0.25, 0.3) is 0 Å². The predicted octanol–water partition coefficient (Wildman–Crippen LogP) is 1.63. The molecule has 4 heteroatoms. The van der Waals surface area contributed by atoms with E-state index in [9.17, 15) is 4.79 Å². The lowest BCUT2D eigenvalue weighted by molar-refractivity contribution is 0.223. The number of rotatable bonds is 0. The molecule has 0 radical (unpaired) electrons. The van der Waals surface area contributed by atoms with Gasteiger partial charge in [-0.1, -0.05) is 11.6 Å². The Kier molecular flexibility index (Phi) is 2.76. The van der Waals surface area contributed by atoms with Gasteiger partial charge >= 0.3 is 6.03 Å². The number of nitrogens with zero attached hydrogens (tertiary/aromatic N) is 1. The minimum absolute atomic E-state index is 0.465. The largest absolute Gasteiger partial charge is 0.351 e. The second kappa shape index (κ2) is 3.62. The van der Waals surface area contributed by atoms with E-state index in [1.165, 1.54) is 4.90 Å². The number of carbonyl (C=O) groups excluding carboxylic acids is 1. The molecular weight excluding hydrogens is 164 g/mol. The van der Waals surface area contributed by atoms with E-state index in [0.29, 0.717) is 11.7 Å². The van der Waals surface area contributed by atoms with E-state index < -0.39 is 6.03 Å². The van der Waals surface area contributed by atoms with Gasteiger partial charge in [-0.15, -0.1) is 0 Å². The first-order valence-electron chi connectivity index (χ1n) is 3.64. The smallest absolute Gasteiger partial charge is 0.319 e. The SMILES string of the molecule is NC(=O)N1CCCCC=C1Cl. The summed E-state index contributed by atoms with van der Waals surface area (Å²) >= 11 is 5.77. The summed E-state index contributed by atoms with van der Waals surface area (Å²) in [6.45, 7) is 0.644. The van der Waals surface area contributed by atoms with Crippen LogP contribution >= 0.6 is 11.6 Å². The second-order valence-corrected chi connectivity index (χ2v) is 2.90. The van der Waals surface area contributed by atoms with Gasteiger partial charge in [-0.05, 0) is 25.3 Å². The molecule has 0 spiro atoms. The summed E-state index contributed by atoms with van der Waals surface area (Å²) in [6, 6.07) is -0.465. The van der Waals surface area contributed by atoms with Crippen molar-refractivity contribution >= 4 is 17.6 Å². The van der Waals surface area contributed by atoms with Gasteiger partial charge in [0.05, 0.1) is 0 Å². The molecule has 2 amide bonds. The molecule has 1 heterocycles. The van der Waals surface area contributed by atoms with Gasteiger partial charge in [0.2, 0.25) is 0 Å². The van der Waals surface area contributed by atoms with Crippen molar-refractivity contribution in [3.63, 3.8) is 0 Å². The summed E-state index contributed by atoms with van der Waals surface area (Å²) in [5.41, 5.74) is 5.09. The van der Waals surface area contributed by atoms with Gasteiger partial charge in [-0.25, -0.2) is 4.79 Å². The Hall–Kier alpha value is -0.700. The maximum atomic E-state index is 10.7. The monoisotopic (exact) mass is 174 g/mol. The fourth-order valence-electron chi connectivity index (χ4n) is 1.07. The van der Waals surface area contributed by atoms with Crippen LogP contribution in [-0.4, -0.2) is 17.5 Å². The number of allylic oxidation sites excluding steroid dienone is 1. The zero-order valence-corrected chi connectivity index (χ0v) is 6.97. The van der Waals surface area contributed by atoms with E-state index in [1.807, 2.05) is 6.08 Å². The molecule has 62 valence electrons. The first-order valence-corrected chi connectivity index (χ1v) is 4.02. The van der Waals surface area contributed by atoms with Crippen molar-refractivity contribution in [3.8, 4) is 0 Å². The average Bonchev–Trinajstić information content (AvgIpc) is 2.13. The van der Waals surface area contributed by atoms with Crippen LogP contribution in [0.4, 0.5) is 4.79 Å². The third-order valence-corrected chi connectivity index (χ3v) is 2.03. The summed E-state index contributed by atoms with van der Waals surface area (Å²) in [7, 11) is 0. The van der Waals surface area contributed by atoms with Gasteiger partial charge < -0.3 is 5.73 Å². The Labute approximate surface area is 70.8 Å². The summed E-state index contributed by atoms with van der Waals surface area (Å²) in [6.07, 6.45) is 4.80. The summed E-state index contributed by atoms with van der Waals surface area (Å²) < 4.78 is 0. The predicted molar refractivity (Wildman–Crippen MR) is 44.1 cm³/mol. The van der Waals surface area contributed by atoms with Crippen LogP contribution in [0.2, 0.25) is 0 Å². The minimum Gasteiger partial charge on any atom is -0.351 e. The van der Waals surface area contributed by atoms with Crippen LogP contribution in [0, 0.1) is 0 Å². The van der Waals surface area contributed by atoms with Crippen LogP contribution in [0.15, 0.2) is 11.2 Å². The first-order chi connectivity index (χ1) is 5.22. The summed E-state index contributed by atoms with van der Waals surface area (Å²) in [5.74, 6) is 0. The van der Waals surface area contributed by atoms with Gasteiger partial charge in [0.25, 0.3) is 0 Å². The lowest BCUT2D eigenvalue weighted by atomic mass is 10.2. The molecule has 0 unspecified atom stereocenters. The van der Waals surface area contributed by atoms with Crippen molar-refractivity contribution in [3.05, 3.63) is 11.2 Å². The van der Waals surface area contributed by atoms with Crippen LogP contribution < -0.4 is 5.73 Å². The zero-order chi connectivity index (χ0) is 8.27. The Morgan fingerprint density at radius 3 is 3.00 bits per heavy atom. The van der Waals surface area contributed by atoms with Crippen molar-refractivity contribution < 1.29 is 4.79 Å². The molecule has 0 aliphatic carbocycles. The van der Waals surface area contributed by atoms with Gasteiger partial charge in [0.1, 0.15) is 5.16 Å². The van der Waals surface area contributed by atoms with E-state index in [2.05, 4.69) is 0 Å². The molecule has 2 N–H and O–H groups in total. The lowest BCUT2D eigenvalue weighted by Gasteiger charge is -2.16. The van der Waals surface area contributed by atoms with Gasteiger partial charge in [0, 0.05) is 6.54 Å². The topological polar surface area (TPSA) is 46.3 Å². The van der Waals surface area contributed by atoms with Crippen molar-refractivity contribution in [1.82, 2.24) is 4.90 Å². The van der Waals surface area contributed by atoms with E-state index >= 15 is 0 Å². The molecule has 0 bridgehead atoms. The Morgan fingerprint density at radius 1 is 1.64 bits per heavy atom. The maximum Gasteiger partial charge on any atom is 0.319 e. The fourth-order valence-corrected chi connectivity index (χ4v) is 1.34. The van der Waals surface area contributed by atoms with Crippen LogP contribution in [0.1, 0.15) is 19.3 Å². The van der Waals surface area contributed by atoms with Crippen molar-refractivity contribution in [2.75, 3.05) is 6.54 Å². The average molecular weight is 175 g/mol. The molecule has 0 aromatic heterocycles. The van der Waals surface area contributed by atoms with Gasteiger partial charge in [-0.2, -0.15) is 0 Å². The fraction of sp³-hybridized carbons (Fsp3) is 0.571. The molecule has 1 aliphatic rings. The van der Waals surface area contributed by atoms with Crippen LogP contribution in [0.3, 0.4) is 0 Å². The number of urea groups is 1. The summed E-state index contributed by atoms with van der Waals surface area (Å²) in [4.78, 5) is 12.1. The maximum absolute atomic E-state index is 10.7. The third-order valence-electron chi connectivity index (χ3n) is 1.67. The number of primary amides is 1. The first kappa shape index (κ1) is 8.40. The van der Waals surface area contributed by atoms with Crippen molar-refractivity contribution in [1.29, 1.82) is 0 Å². The highest BCUT2D eigenvalue weighted by Crippen LogP contribution is 2.16. The minimum atomic E-state index is -0.465. The lowest BCUT2D eigenvalue weighted by Crippen LogP contribution is -2.33. The molecule has 1 aliphatic heterocycles. The molecule has 3 nitrogen and oxygen atoms in total. The Bertz CT molecular complexity index is 191. The number of hydrogen-bond donors (Lipinski definition) is 1. The summed E-state index contributed by atoms with van der Waals surface area (Å²) in [5, 5.41) is 0.468. The van der Waals surface area contributed by atoms with E-state index in [4.69, 9.17) is 17.3 Å². The number of halogens is 1. The van der Waals surface area contributed by atoms with E-state index in [0.717, 1.165) is 19.3 Å². The quantitative estimate of drug-likeness (QED) is 0.558. The number of carbonyl (C=O) groups is 1. The molecule has 1 rings (SSSR count). The molecular formula is C7H11ClN2O. The highest BCUT2D eigenvalue weighted by molar-refractivity contribution is 6.30. The molecule has 0 aromatic carbocycles. The van der Waals surface area contributed by atoms with E-state index in [-0.39, 0.29) is 0 Å².